The predicted octanol–water partition coefficient (Wildman–Crippen LogP) is 0.442. The van der Waals surface area contributed by atoms with E-state index in [4.69, 9.17) is 0 Å². The molecule has 0 aliphatic carbocycles. The molecule has 27 heavy (non-hydrogen) atoms. The number of benzene rings is 2. The minimum atomic E-state index is -0.658. The number of thioether (sulfide) groups is 1. The number of hydrogen-bond donors (Lipinski definition) is 1. The van der Waals surface area contributed by atoms with Gasteiger partial charge in [-0.2, -0.15) is 0 Å². The van der Waals surface area contributed by atoms with E-state index in [0.29, 0.717) is 5.75 Å². The van der Waals surface area contributed by atoms with Crippen molar-refractivity contribution in [3.8, 4) is 6.19 Å². The number of anilines is 3. The first-order valence-corrected chi connectivity index (χ1v) is 12.8. The fourth-order valence-corrected chi connectivity index (χ4v) is 6.95. The van der Waals surface area contributed by atoms with Gasteiger partial charge < -0.3 is 0 Å². The first-order valence-electron chi connectivity index (χ1n) is 8.75. The molecule has 1 N–H and O–H groups in total. The van der Waals surface area contributed by atoms with Crippen molar-refractivity contribution in [2.75, 3.05) is 29.8 Å². The Hall–Kier alpha value is -1.92. The number of carbonyl (C=O) groups is 1. The third-order valence-electron chi connectivity index (χ3n) is 4.80. The maximum absolute atomic E-state index is 13.1. The van der Waals surface area contributed by atoms with E-state index in [1.54, 1.807) is 4.90 Å². The monoisotopic (exact) mass is 491 g/mol. The fourth-order valence-electron chi connectivity index (χ4n) is 3.40. The summed E-state index contributed by atoms with van der Waals surface area (Å²) in [4.78, 5) is 16.0. The summed E-state index contributed by atoms with van der Waals surface area (Å²) in [5, 5.41) is 13.1. The summed E-state index contributed by atoms with van der Waals surface area (Å²) < 4.78 is 2.07. The summed E-state index contributed by atoms with van der Waals surface area (Å²) in [6, 6.07) is 16.0. The van der Waals surface area contributed by atoms with Gasteiger partial charge in [-0.05, 0) is 0 Å². The van der Waals surface area contributed by atoms with E-state index in [2.05, 4.69) is 23.6 Å². The van der Waals surface area contributed by atoms with Crippen molar-refractivity contribution in [2.24, 2.45) is 0 Å². The number of nitrogens with one attached hydrogen (secondary N) is 1. The quantitative estimate of drug-likeness (QED) is 0.293. The van der Waals surface area contributed by atoms with Gasteiger partial charge in [0.1, 0.15) is 0 Å². The molecule has 0 aromatic heterocycles. The number of aryl methyl sites for hydroxylation is 1. The van der Waals surface area contributed by atoms with Crippen molar-refractivity contribution < 1.29 is 26.0 Å². The molecule has 0 saturated heterocycles. The van der Waals surface area contributed by atoms with Crippen LogP contribution in [0.1, 0.15) is 12.5 Å². The summed E-state index contributed by atoms with van der Waals surface area (Å²) in [7, 11) is 0. The first kappa shape index (κ1) is 18.4. The average Bonchev–Trinajstić information content (AvgIpc) is 2.82. The topological polar surface area (TPSA) is 59.4 Å². The molecule has 5 nitrogen and oxygen atoms in total. The van der Waals surface area contributed by atoms with E-state index in [9.17, 15) is 10.1 Å². The van der Waals surface area contributed by atoms with Gasteiger partial charge in [0.05, 0.1) is 0 Å². The molecule has 0 saturated carbocycles. The van der Waals surface area contributed by atoms with E-state index in [0.717, 1.165) is 28.0 Å². The molecule has 1 atom stereocenters. The van der Waals surface area contributed by atoms with Crippen LogP contribution in [-0.2, 0) is 11.2 Å². The Morgan fingerprint density at radius 1 is 1.26 bits per heavy atom. The molecule has 140 valence electrons. The third-order valence-corrected chi connectivity index (χ3v) is 8.50. The summed E-state index contributed by atoms with van der Waals surface area (Å²) in [5.74, 6) is 0.444. The zero-order chi connectivity index (χ0) is 18.9. The van der Waals surface area contributed by atoms with Gasteiger partial charge in [0.25, 0.3) is 0 Å². The molecule has 0 radical (unpaired) electrons. The number of para-hydroxylation sites is 3. The van der Waals surface area contributed by atoms with Gasteiger partial charge in [-0.1, -0.05) is 0 Å². The van der Waals surface area contributed by atoms with E-state index in [-0.39, 0.29) is 27.1 Å². The molecule has 0 bridgehead atoms. The number of carbonyl (C=O) groups excluding carboxylic acids is 1. The van der Waals surface area contributed by atoms with Crippen molar-refractivity contribution in [3.63, 3.8) is 0 Å². The molecule has 0 spiro atoms. The van der Waals surface area contributed by atoms with Crippen LogP contribution in [-0.4, -0.2) is 25.6 Å². The van der Waals surface area contributed by atoms with Gasteiger partial charge in [-0.25, -0.2) is 0 Å². The van der Waals surface area contributed by atoms with Gasteiger partial charge in [0, 0.05) is 0 Å². The van der Waals surface area contributed by atoms with Crippen LogP contribution in [0.3, 0.4) is 0 Å². The van der Waals surface area contributed by atoms with Gasteiger partial charge >= 0.3 is 174 Å². The minimum absolute atomic E-state index is 0.00343. The number of rotatable bonds is 3. The number of fused-ring (bicyclic) bond motifs is 2. The van der Waals surface area contributed by atoms with Crippen LogP contribution in [0.5, 0.6) is 0 Å². The van der Waals surface area contributed by atoms with Crippen molar-refractivity contribution in [1.29, 1.82) is 5.26 Å². The van der Waals surface area contributed by atoms with Crippen molar-refractivity contribution in [3.05, 3.63) is 54.1 Å². The van der Waals surface area contributed by atoms with Gasteiger partial charge in [-0.3, -0.25) is 0 Å². The van der Waals surface area contributed by atoms with Gasteiger partial charge in [-0.15, -0.1) is 0 Å². The zero-order valence-corrected chi connectivity index (χ0v) is 18.0. The number of nitriles is 1. The molecule has 1 amide bonds. The third kappa shape index (κ3) is 3.48. The number of amides is 1. The number of hydrogen-bond acceptors (Lipinski definition) is 5. The molecule has 4 rings (SSSR count). The van der Waals surface area contributed by atoms with Crippen LogP contribution in [0.4, 0.5) is 17.1 Å². The predicted molar refractivity (Wildman–Crippen MR) is 106 cm³/mol. The molecule has 2 heterocycles. The first-order chi connectivity index (χ1) is 13.1. The molecule has 2 aromatic rings. The second kappa shape index (κ2) is 7.60. The van der Waals surface area contributed by atoms with E-state index < -0.39 is 4.99 Å². The number of alkyl halides is 2. The SMILES string of the molecule is CC1(SCC(=O)N2C[I-]CCc3ccccc32)Nc2ccccc2N1C#N. The normalized spacial score (nSPS) is 21.2. The van der Waals surface area contributed by atoms with Crippen molar-refractivity contribution in [1.82, 2.24) is 0 Å². The van der Waals surface area contributed by atoms with Crippen LogP contribution in [0.25, 0.3) is 0 Å². The number of nitrogens with zero attached hydrogens (tertiary/aromatic N) is 3. The molecular weight excluding hydrogens is 471 g/mol. The van der Waals surface area contributed by atoms with Crippen LogP contribution >= 0.6 is 11.8 Å². The Bertz CT molecular complexity index is 915. The average molecular weight is 491 g/mol. The second-order valence-electron chi connectivity index (χ2n) is 6.55. The number of halogens is 1. The van der Waals surface area contributed by atoms with Crippen molar-refractivity contribution >= 4 is 34.7 Å². The van der Waals surface area contributed by atoms with Crippen LogP contribution < -0.4 is 36.3 Å². The Labute approximate surface area is 174 Å². The van der Waals surface area contributed by atoms with Gasteiger partial charge in [0.2, 0.25) is 0 Å². The summed E-state index contributed by atoms with van der Waals surface area (Å²) in [6.45, 7) is 1.96. The Balaban J connectivity index is 1.51. The molecular formula is C20H20IN4OS-. The van der Waals surface area contributed by atoms with Gasteiger partial charge in [0.15, 0.2) is 0 Å². The molecule has 2 aliphatic rings. The Kier molecular flexibility index (Phi) is 5.19. The standard InChI is InChI=1S/C20H20IN4OS/c1-20(23-16-7-3-5-9-18(16)25(20)14-22)27-12-19(26)24-13-21-11-10-15-6-2-4-8-17(15)24/h2-9,23H,10-13H2,1H3/q-1. The maximum atomic E-state index is 13.1. The molecule has 2 aliphatic heterocycles. The van der Waals surface area contributed by atoms with E-state index in [1.807, 2.05) is 48.2 Å². The molecule has 0 fully saturated rings. The summed E-state index contributed by atoms with van der Waals surface area (Å²) >= 11 is 1.47. The summed E-state index contributed by atoms with van der Waals surface area (Å²) in [6.07, 6.45) is 3.34. The Morgan fingerprint density at radius 3 is 2.81 bits per heavy atom. The Morgan fingerprint density at radius 2 is 2.00 bits per heavy atom. The fraction of sp³-hybridized carbons (Fsp3) is 0.300. The molecule has 2 aromatic carbocycles. The zero-order valence-electron chi connectivity index (χ0n) is 15.0. The van der Waals surface area contributed by atoms with E-state index in [1.165, 1.54) is 21.8 Å². The second-order valence-corrected chi connectivity index (χ2v) is 10.8. The summed E-state index contributed by atoms with van der Waals surface area (Å²) in [5.41, 5.74) is 4.11. The van der Waals surface area contributed by atoms with Crippen LogP contribution in [0.15, 0.2) is 48.5 Å². The van der Waals surface area contributed by atoms with Crippen molar-refractivity contribution in [2.45, 2.75) is 18.3 Å². The molecule has 1 unspecified atom stereocenters. The van der Waals surface area contributed by atoms with E-state index >= 15 is 0 Å². The van der Waals surface area contributed by atoms with Crippen LogP contribution in [0.2, 0.25) is 0 Å². The molecule has 7 heteroatoms. The van der Waals surface area contributed by atoms with Crippen LogP contribution in [0, 0.1) is 11.5 Å².